The number of hydrogen-bond donors (Lipinski definition) is 2. The molecule has 0 fully saturated rings. The number of carboxylic acid groups (broad SMARTS) is 2. The Hall–Kier alpha value is -4.29. The topological polar surface area (TPSA) is 133 Å². The van der Waals surface area contributed by atoms with Crippen LogP contribution in [0.1, 0.15) is 79.7 Å². The van der Waals surface area contributed by atoms with Gasteiger partial charge in [0.25, 0.3) is 0 Å². The van der Waals surface area contributed by atoms with E-state index in [0.717, 1.165) is 47.5 Å². The molecule has 1 aliphatic heterocycles. The fraction of sp³-hybridized carbons (Fsp3) is 0.500. The lowest BCUT2D eigenvalue weighted by molar-refractivity contribution is -0.192. The highest BCUT2D eigenvalue weighted by Crippen LogP contribution is 2.44. The lowest BCUT2D eigenvalue weighted by Gasteiger charge is -2.24. The van der Waals surface area contributed by atoms with Crippen LogP contribution in [0, 0.1) is 0 Å². The van der Waals surface area contributed by atoms with Crippen molar-refractivity contribution in [1.29, 1.82) is 0 Å². The highest BCUT2D eigenvalue weighted by atomic mass is 19.4. The van der Waals surface area contributed by atoms with Crippen LogP contribution in [-0.2, 0) is 47.7 Å². The summed E-state index contributed by atoms with van der Waals surface area (Å²) in [6.45, 7) is 7.01. The number of aromatic nitrogens is 3. The molecule has 3 heterocycles. The molecule has 0 saturated heterocycles. The average Bonchev–Trinajstić information content (AvgIpc) is 3.57. The number of halogens is 3. The van der Waals surface area contributed by atoms with Gasteiger partial charge >= 0.3 is 18.1 Å². The van der Waals surface area contributed by atoms with Crippen LogP contribution in [0.3, 0.4) is 0 Å². The summed E-state index contributed by atoms with van der Waals surface area (Å²) in [6, 6.07) is 10.2. The summed E-state index contributed by atoms with van der Waals surface area (Å²) in [5.74, 6) is -1.80. The molecule has 0 unspecified atom stereocenters. The first-order valence-electron chi connectivity index (χ1n) is 14.7. The lowest BCUT2D eigenvalue weighted by atomic mass is 9.82. The quantitative estimate of drug-likeness (QED) is 0.301. The predicted octanol–water partition coefficient (Wildman–Crippen LogP) is 5.78. The normalized spacial score (nSPS) is 14.6. The van der Waals surface area contributed by atoms with Gasteiger partial charge in [-0.2, -0.15) is 18.3 Å². The summed E-state index contributed by atoms with van der Waals surface area (Å²) in [5, 5.41) is 21.5. The molecule has 5 rings (SSSR count). The predicted molar refractivity (Wildman–Crippen MR) is 157 cm³/mol. The minimum absolute atomic E-state index is 0.0139. The Kier molecular flexibility index (Phi) is 10.3. The third-order valence-electron chi connectivity index (χ3n) is 7.62. The highest BCUT2D eigenvalue weighted by Gasteiger charge is 2.38. The summed E-state index contributed by atoms with van der Waals surface area (Å²) in [4.78, 5) is 25.6. The number of benzene rings is 1. The second-order valence-corrected chi connectivity index (χ2v) is 12.2. The van der Waals surface area contributed by atoms with Crippen LogP contribution < -0.4 is 14.2 Å². The van der Waals surface area contributed by atoms with Gasteiger partial charge in [-0.1, -0.05) is 32.9 Å². The van der Waals surface area contributed by atoms with Gasteiger partial charge in [0.05, 0.1) is 18.7 Å². The van der Waals surface area contributed by atoms with E-state index in [1.807, 2.05) is 19.2 Å². The van der Waals surface area contributed by atoms with Gasteiger partial charge in [-0.05, 0) is 60.8 Å². The minimum Gasteiger partial charge on any atom is -0.481 e. The average molecular weight is 634 g/mol. The first-order chi connectivity index (χ1) is 21.1. The summed E-state index contributed by atoms with van der Waals surface area (Å²) < 4.78 is 50.9. The Morgan fingerprint density at radius 2 is 1.76 bits per heavy atom. The number of alkyl halides is 3. The molecule has 0 bridgehead atoms. The zero-order valence-electron chi connectivity index (χ0n) is 25.7. The summed E-state index contributed by atoms with van der Waals surface area (Å²) in [6.07, 6.45) is 0.752. The molecule has 0 radical (unpaired) electrons. The Balaban J connectivity index is 0.000000591. The van der Waals surface area contributed by atoms with E-state index in [4.69, 9.17) is 29.1 Å². The second kappa shape index (κ2) is 13.8. The number of fused-ring (bicyclic) bond motifs is 2. The SMILES string of the molecule is Cn1nc(C[C@@H](CC(=O)O)c2cc3c(c(C(C)(C)C)c2)OCO3)cc1OCCc1ccc2c(n1)CCCC2.O=C(O)C(F)(F)F. The zero-order chi connectivity index (χ0) is 32.9. The van der Waals surface area contributed by atoms with Crippen LogP contribution >= 0.6 is 0 Å². The van der Waals surface area contributed by atoms with Crippen molar-refractivity contribution < 1.29 is 47.2 Å². The van der Waals surface area contributed by atoms with Gasteiger partial charge in [-0.3, -0.25) is 9.78 Å². The van der Waals surface area contributed by atoms with Crippen LogP contribution in [0.15, 0.2) is 30.3 Å². The molecule has 1 aliphatic carbocycles. The molecule has 2 aromatic heterocycles. The first-order valence-corrected chi connectivity index (χ1v) is 14.7. The molecular formula is C32H38F3N3O7. The van der Waals surface area contributed by atoms with Crippen molar-refractivity contribution in [3.8, 4) is 17.4 Å². The van der Waals surface area contributed by atoms with Crippen molar-refractivity contribution in [2.75, 3.05) is 13.4 Å². The zero-order valence-corrected chi connectivity index (χ0v) is 25.7. The maximum Gasteiger partial charge on any atom is 0.490 e. The molecular weight excluding hydrogens is 595 g/mol. The number of carboxylic acids is 2. The van der Waals surface area contributed by atoms with E-state index < -0.39 is 18.1 Å². The molecule has 1 atom stereocenters. The number of rotatable bonds is 9. The molecule has 0 amide bonds. The van der Waals surface area contributed by atoms with Gasteiger partial charge in [0, 0.05) is 42.4 Å². The van der Waals surface area contributed by atoms with E-state index in [1.165, 1.54) is 24.1 Å². The molecule has 1 aromatic carbocycles. The Morgan fingerprint density at radius 1 is 1.04 bits per heavy atom. The van der Waals surface area contributed by atoms with E-state index >= 15 is 0 Å². The van der Waals surface area contributed by atoms with Gasteiger partial charge in [0.2, 0.25) is 12.7 Å². The molecule has 10 nitrogen and oxygen atoms in total. The van der Waals surface area contributed by atoms with Crippen molar-refractivity contribution in [3.63, 3.8) is 0 Å². The fourth-order valence-corrected chi connectivity index (χ4v) is 5.36. The first kappa shape index (κ1) is 33.6. The van der Waals surface area contributed by atoms with E-state index in [0.29, 0.717) is 24.7 Å². The van der Waals surface area contributed by atoms with Crippen molar-refractivity contribution >= 4 is 11.9 Å². The van der Waals surface area contributed by atoms with Crippen molar-refractivity contribution in [2.24, 2.45) is 7.05 Å². The van der Waals surface area contributed by atoms with Gasteiger partial charge in [-0.25, -0.2) is 9.48 Å². The number of pyridine rings is 1. The number of hydrogen-bond acceptors (Lipinski definition) is 7. The van der Waals surface area contributed by atoms with Gasteiger partial charge in [0.1, 0.15) is 0 Å². The Morgan fingerprint density at radius 3 is 2.42 bits per heavy atom. The number of aliphatic carboxylic acids is 2. The van der Waals surface area contributed by atoms with Crippen molar-refractivity contribution in [1.82, 2.24) is 14.8 Å². The fourth-order valence-electron chi connectivity index (χ4n) is 5.36. The third-order valence-corrected chi connectivity index (χ3v) is 7.62. The number of nitrogens with zero attached hydrogens (tertiary/aromatic N) is 3. The standard InChI is InChI=1S/C30H37N3O5.C2HF3O2/c1-30(2,3)24-14-21(15-26-29(24)38-18-37-26)20(16-28(34)35)13-23-17-27(33(4)32-23)36-12-11-22-10-9-19-7-5-6-8-25(19)31-22;3-2(4,5)1(6)7/h9-10,14-15,17,20H,5-8,11-13,16,18H2,1-4H3,(H,34,35);(H,6,7)/t20-;/m0./s1. The molecule has 3 aromatic rings. The maximum atomic E-state index is 11.8. The third kappa shape index (κ3) is 8.89. The van der Waals surface area contributed by atoms with Crippen LogP contribution in [-0.4, -0.2) is 56.5 Å². The number of carbonyl (C=O) groups is 2. The van der Waals surface area contributed by atoms with Crippen LogP contribution in [0.4, 0.5) is 13.2 Å². The smallest absolute Gasteiger partial charge is 0.481 e. The lowest BCUT2D eigenvalue weighted by Crippen LogP contribution is -2.21. The Bertz CT molecular complexity index is 1530. The summed E-state index contributed by atoms with van der Waals surface area (Å²) in [7, 11) is 1.85. The van der Waals surface area contributed by atoms with Crippen LogP contribution in [0.5, 0.6) is 17.4 Å². The monoisotopic (exact) mass is 633 g/mol. The van der Waals surface area contributed by atoms with Crippen LogP contribution in [0.25, 0.3) is 0 Å². The molecule has 2 N–H and O–H groups in total. The summed E-state index contributed by atoms with van der Waals surface area (Å²) >= 11 is 0. The van der Waals surface area contributed by atoms with Crippen LogP contribution in [0.2, 0.25) is 0 Å². The number of aryl methyl sites for hydroxylation is 3. The molecule has 244 valence electrons. The molecule has 2 aliphatic rings. The summed E-state index contributed by atoms with van der Waals surface area (Å²) in [5.41, 5.74) is 6.19. The Labute approximate surface area is 259 Å². The largest absolute Gasteiger partial charge is 0.490 e. The second-order valence-electron chi connectivity index (χ2n) is 12.2. The van der Waals surface area contributed by atoms with E-state index in [-0.39, 0.29) is 24.5 Å². The van der Waals surface area contributed by atoms with Gasteiger partial charge in [0.15, 0.2) is 11.5 Å². The maximum absolute atomic E-state index is 11.8. The van der Waals surface area contributed by atoms with E-state index in [2.05, 4.69) is 44.1 Å². The molecule has 0 spiro atoms. The highest BCUT2D eigenvalue weighted by molar-refractivity contribution is 5.73. The molecule has 13 heteroatoms. The number of ether oxygens (including phenoxy) is 3. The molecule has 0 saturated carbocycles. The van der Waals surface area contributed by atoms with Gasteiger partial charge < -0.3 is 24.4 Å². The van der Waals surface area contributed by atoms with E-state index in [1.54, 1.807) is 4.68 Å². The van der Waals surface area contributed by atoms with E-state index in [9.17, 15) is 23.1 Å². The van der Waals surface area contributed by atoms with Gasteiger partial charge in [-0.15, -0.1) is 0 Å². The van der Waals surface area contributed by atoms with Crippen molar-refractivity contribution in [2.45, 2.75) is 83.2 Å². The molecule has 45 heavy (non-hydrogen) atoms. The minimum atomic E-state index is -5.08. The van der Waals surface area contributed by atoms with Crippen molar-refractivity contribution in [3.05, 3.63) is 64.1 Å².